The van der Waals surface area contributed by atoms with Gasteiger partial charge in [-0.2, -0.15) is 0 Å². The molecule has 0 bridgehead atoms. The number of hydrogen-bond donors (Lipinski definition) is 1. The molecule has 0 spiro atoms. The normalized spacial score (nSPS) is 11.6. The van der Waals surface area contributed by atoms with Gasteiger partial charge in [-0.15, -0.1) is 0 Å². The van der Waals surface area contributed by atoms with E-state index in [1.54, 1.807) is 37.8 Å². The number of sulfonamides is 1. The molecule has 0 unspecified atom stereocenters. The summed E-state index contributed by atoms with van der Waals surface area (Å²) in [6, 6.07) is 7.19. The molecule has 0 radical (unpaired) electrons. The van der Waals surface area contributed by atoms with Crippen LogP contribution in [0.5, 0.6) is 5.75 Å². The lowest BCUT2D eigenvalue weighted by Gasteiger charge is -2.05. The molecule has 20 heavy (non-hydrogen) atoms. The van der Waals surface area contributed by atoms with Crippen LogP contribution >= 0.6 is 0 Å². The first-order valence-electron chi connectivity index (χ1n) is 6.05. The highest BCUT2D eigenvalue weighted by Gasteiger charge is 2.17. The summed E-state index contributed by atoms with van der Waals surface area (Å²) in [6.45, 7) is 1.96. The fraction of sp³-hybridized carbons (Fsp3) is 0.308. The zero-order valence-corrected chi connectivity index (χ0v) is 12.4. The van der Waals surface area contributed by atoms with Crippen LogP contribution in [0.1, 0.15) is 11.4 Å². The lowest BCUT2D eigenvalue weighted by atomic mass is 10.2. The van der Waals surface area contributed by atoms with Gasteiger partial charge in [0.15, 0.2) is 5.03 Å². The van der Waals surface area contributed by atoms with Crippen LogP contribution in [-0.2, 0) is 23.6 Å². The van der Waals surface area contributed by atoms with Crippen LogP contribution in [0, 0.1) is 6.92 Å². The minimum absolute atomic E-state index is 0.0333. The lowest BCUT2D eigenvalue weighted by Crippen LogP contribution is -2.23. The van der Waals surface area contributed by atoms with Crippen molar-refractivity contribution in [3.8, 4) is 5.75 Å². The fourth-order valence-electron chi connectivity index (χ4n) is 1.65. The summed E-state index contributed by atoms with van der Waals surface area (Å²) in [5.41, 5.74) is 0.849. The maximum atomic E-state index is 12.1. The maximum absolute atomic E-state index is 12.1. The van der Waals surface area contributed by atoms with Gasteiger partial charge in [0.2, 0.25) is 0 Å². The van der Waals surface area contributed by atoms with Gasteiger partial charge in [0.05, 0.1) is 7.11 Å². The van der Waals surface area contributed by atoms with Crippen LogP contribution in [0.2, 0.25) is 0 Å². The predicted octanol–water partition coefficient (Wildman–Crippen LogP) is 1.22. The number of aromatic nitrogens is 2. The Kier molecular flexibility index (Phi) is 4.10. The van der Waals surface area contributed by atoms with E-state index in [0.717, 1.165) is 11.3 Å². The second-order valence-electron chi connectivity index (χ2n) is 4.41. The third kappa shape index (κ3) is 3.17. The highest BCUT2D eigenvalue weighted by atomic mass is 32.2. The van der Waals surface area contributed by atoms with Crippen molar-refractivity contribution < 1.29 is 13.2 Å². The molecule has 1 aromatic carbocycles. The summed E-state index contributed by atoms with van der Waals surface area (Å²) < 4.78 is 33.4. The van der Waals surface area contributed by atoms with Crippen molar-refractivity contribution in [2.45, 2.75) is 18.5 Å². The molecule has 108 valence electrons. The highest BCUT2D eigenvalue weighted by molar-refractivity contribution is 7.89. The number of aryl methyl sites for hydroxylation is 2. The molecular formula is C13H17N3O3S. The van der Waals surface area contributed by atoms with E-state index < -0.39 is 10.0 Å². The molecule has 2 rings (SSSR count). The number of benzene rings is 1. The van der Waals surface area contributed by atoms with Crippen molar-refractivity contribution in [2.24, 2.45) is 7.05 Å². The Labute approximate surface area is 118 Å². The lowest BCUT2D eigenvalue weighted by molar-refractivity contribution is 0.414. The monoisotopic (exact) mass is 295 g/mol. The molecule has 0 aliphatic rings. The summed E-state index contributed by atoms with van der Waals surface area (Å²) in [4.78, 5) is 4.01. The minimum Gasteiger partial charge on any atom is -0.497 e. The summed E-state index contributed by atoms with van der Waals surface area (Å²) in [7, 11) is -0.250. The number of nitrogens with zero attached hydrogens (tertiary/aromatic N) is 2. The van der Waals surface area contributed by atoms with Gasteiger partial charge in [-0.1, -0.05) is 12.1 Å². The first-order chi connectivity index (χ1) is 9.42. The van der Waals surface area contributed by atoms with Crippen LogP contribution in [-0.4, -0.2) is 25.1 Å². The number of rotatable bonds is 5. The Hall–Kier alpha value is -1.86. The average Bonchev–Trinajstić information content (AvgIpc) is 2.78. The Morgan fingerprint density at radius 1 is 1.30 bits per heavy atom. The van der Waals surface area contributed by atoms with Crippen molar-refractivity contribution in [3.05, 3.63) is 41.9 Å². The van der Waals surface area contributed by atoms with E-state index in [4.69, 9.17) is 4.74 Å². The van der Waals surface area contributed by atoms with Crippen LogP contribution in [0.25, 0.3) is 0 Å². The van der Waals surface area contributed by atoms with Crippen molar-refractivity contribution in [2.75, 3.05) is 7.11 Å². The molecule has 2 aromatic rings. The number of methoxy groups -OCH3 is 1. The topological polar surface area (TPSA) is 73.2 Å². The average molecular weight is 295 g/mol. The summed E-state index contributed by atoms with van der Waals surface area (Å²) in [5.74, 6) is 1.38. The number of ether oxygens (including phenoxy) is 1. The van der Waals surface area contributed by atoms with Gasteiger partial charge >= 0.3 is 0 Å². The zero-order chi connectivity index (χ0) is 14.8. The van der Waals surface area contributed by atoms with Crippen molar-refractivity contribution >= 4 is 10.0 Å². The highest BCUT2D eigenvalue weighted by Crippen LogP contribution is 2.12. The van der Waals surface area contributed by atoms with Gasteiger partial charge in [-0.3, -0.25) is 0 Å². The first-order valence-corrected chi connectivity index (χ1v) is 7.53. The molecule has 0 aliphatic carbocycles. The van der Waals surface area contributed by atoms with E-state index in [0.29, 0.717) is 5.82 Å². The number of imidazole rings is 1. The van der Waals surface area contributed by atoms with Gasteiger partial charge in [0, 0.05) is 19.8 Å². The van der Waals surface area contributed by atoms with Crippen LogP contribution in [0.4, 0.5) is 0 Å². The summed E-state index contributed by atoms with van der Waals surface area (Å²) in [6.07, 6.45) is 1.49. The maximum Gasteiger partial charge on any atom is 0.259 e. The van der Waals surface area contributed by atoms with Gasteiger partial charge < -0.3 is 9.30 Å². The van der Waals surface area contributed by atoms with Crippen LogP contribution in [0.3, 0.4) is 0 Å². The molecular weight excluding hydrogens is 278 g/mol. The third-order valence-corrected chi connectivity index (χ3v) is 4.26. The van der Waals surface area contributed by atoms with Crippen molar-refractivity contribution in [1.29, 1.82) is 0 Å². The van der Waals surface area contributed by atoms with Gasteiger partial charge in [-0.05, 0) is 24.6 Å². The van der Waals surface area contributed by atoms with E-state index in [1.807, 2.05) is 12.1 Å². The molecule has 0 amide bonds. The molecule has 6 nitrogen and oxygen atoms in total. The van der Waals surface area contributed by atoms with E-state index in [-0.39, 0.29) is 11.6 Å². The smallest absolute Gasteiger partial charge is 0.259 e. The molecule has 0 atom stereocenters. The Morgan fingerprint density at radius 3 is 2.45 bits per heavy atom. The van der Waals surface area contributed by atoms with E-state index in [9.17, 15) is 8.42 Å². The van der Waals surface area contributed by atoms with Crippen LogP contribution < -0.4 is 9.46 Å². The second kappa shape index (κ2) is 5.64. The fourth-order valence-corrected chi connectivity index (χ4v) is 2.71. The van der Waals surface area contributed by atoms with Crippen molar-refractivity contribution in [3.63, 3.8) is 0 Å². The molecule has 0 aliphatic heterocycles. The third-order valence-electron chi connectivity index (χ3n) is 2.99. The van der Waals surface area contributed by atoms with Gasteiger partial charge in [-0.25, -0.2) is 18.1 Å². The van der Waals surface area contributed by atoms with E-state index in [1.165, 1.54) is 6.20 Å². The first kappa shape index (κ1) is 14.5. The summed E-state index contributed by atoms with van der Waals surface area (Å²) >= 11 is 0. The molecule has 1 N–H and O–H groups in total. The molecule has 1 heterocycles. The van der Waals surface area contributed by atoms with E-state index >= 15 is 0 Å². The van der Waals surface area contributed by atoms with E-state index in [2.05, 4.69) is 9.71 Å². The predicted molar refractivity (Wildman–Crippen MR) is 75.0 cm³/mol. The quantitative estimate of drug-likeness (QED) is 0.900. The van der Waals surface area contributed by atoms with Gasteiger partial charge in [0.25, 0.3) is 10.0 Å². The SMILES string of the molecule is COc1ccc(CNS(=O)(=O)c2cn(C)c(C)n2)cc1. The minimum atomic E-state index is -3.59. The molecule has 0 saturated carbocycles. The largest absolute Gasteiger partial charge is 0.497 e. The molecule has 0 fully saturated rings. The summed E-state index contributed by atoms with van der Waals surface area (Å²) in [5, 5.41) is 0.0333. The Balaban J connectivity index is 2.08. The van der Waals surface area contributed by atoms with Crippen molar-refractivity contribution in [1.82, 2.24) is 14.3 Å². The standard InChI is InChI=1S/C13H17N3O3S/c1-10-15-13(9-16(10)2)20(17,18)14-8-11-4-6-12(19-3)7-5-11/h4-7,9,14H,8H2,1-3H3. The van der Waals surface area contributed by atoms with Gasteiger partial charge in [0.1, 0.15) is 11.6 Å². The molecule has 1 aromatic heterocycles. The Morgan fingerprint density at radius 2 is 1.95 bits per heavy atom. The Bertz CT molecular complexity index is 671. The molecule has 7 heteroatoms. The molecule has 0 saturated heterocycles. The zero-order valence-electron chi connectivity index (χ0n) is 11.6. The number of nitrogens with one attached hydrogen (secondary N) is 1. The van der Waals surface area contributed by atoms with Crippen LogP contribution in [0.15, 0.2) is 35.5 Å². The number of hydrogen-bond acceptors (Lipinski definition) is 4. The second-order valence-corrected chi connectivity index (χ2v) is 6.12.